The molecule has 3 N–H and O–H groups in total. The van der Waals surface area contributed by atoms with Crippen LogP contribution in [0, 0.1) is 5.92 Å². The first-order valence-corrected chi connectivity index (χ1v) is 6.66. The number of hydrogen-bond donors (Lipinski definition) is 2. The summed E-state index contributed by atoms with van der Waals surface area (Å²) in [4.78, 5) is 14.2. The van der Waals surface area contributed by atoms with Gasteiger partial charge < -0.3 is 25.3 Å². The zero-order chi connectivity index (χ0) is 13.8. The van der Waals surface area contributed by atoms with Crippen LogP contribution in [0.3, 0.4) is 0 Å². The molecular weight excluding hydrogens is 250 g/mol. The lowest BCUT2D eigenvalue weighted by Gasteiger charge is -2.34. The Labute approximate surface area is 112 Å². The molecule has 2 saturated heterocycles. The molecule has 0 spiro atoms. The van der Waals surface area contributed by atoms with Crippen LogP contribution in [-0.4, -0.2) is 60.4 Å². The van der Waals surface area contributed by atoms with Crippen LogP contribution < -0.4 is 5.73 Å². The molecule has 108 valence electrons. The Balaban J connectivity index is 1.99. The van der Waals surface area contributed by atoms with E-state index < -0.39 is 6.10 Å². The van der Waals surface area contributed by atoms with Crippen LogP contribution in [-0.2, 0) is 14.3 Å². The summed E-state index contributed by atoms with van der Waals surface area (Å²) in [6.07, 6.45) is 1.09. The number of nitrogens with two attached hydrogens (primary N) is 1. The quantitative estimate of drug-likeness (QED) is 0.320. The predicted molar refractivity (Wildman–Crippen MR) is 67.9 cm³/mol. The number of carbonyl (C=O) groups excluding carboxylic acids is 1. The third-order valence-corrected chi connectivity index (χ3v) is 3.75. The SMILES string of the molecule is CCC1OCCC1C(=O)N1CCOC(C(N)=NO)C1. The summed E-state index contributed by atoms with van der Waals surface area (Å²) in [7, 11) is 0. The maximum absolute atomic E-state index is 12.5. The van der Waals surface area contributed by atoms with Gasteiger partial charge in [0, 0.05) is 13.2 Å². The van der Waals surface area contributed by atoms with Gasteiger partial charge in [-0.2, -0.15) is 0 Å². The Kier molecular flexibility index (Phi) is 4.60. The molecule has 0 aliphatic carbocycles. The number of amidine groups is 1. The average Bonchev–Trinajstić information content (AvgIpc) is 2.94. The molecule has 7 nitrogen and oxygen atoms in total. The third-order valence-electron chi connectivity index (χ3n) is 3.75. The second kappa shape index (κ2) is 6.21. The van der Waals surface area contributed by atoms with E-state index in [0.29, 0.717) is 26.3 Å². The molecule has 3 unspecified atom stereocenters. The highest BCUT2D eigenvalue weighted by Gasteiger charge is 2.37. The van der Waals surface area contributed by atoms with Gasteiger partial charge in [-0.05, 0) is 12.8 Å². The minimum atomic E-state index is -0.523. The Morgan fingerprint density at radius 1 is 1.47 bits per heavy atom. The molecule has 2 aliphatic rings. The van der Waals surface area contributed by atoms with Gasteiger partial charge in [0.25, 0.3) is 0 Å². The van der Waals surface area contributed by atoms with E-state index >= 15 is 0 Å². The maximum Gasteiger partial charge on any atom is 0.228 e. The first-order chi connectivity index (χ1) is 9.17. The molecule has 2 aliphatic heterocycles. The van der Waals surface area contributed by atoms with Crippen molar-refractivity contribution in [3.05, 3.63) is 0 Å². The lowest BCUT2D eigenvalue weighted by atomic mass is 9.97. The second-order valence-electron chi connectivity index (χ2n) is 4.88. The van der Waals surface area contributed by atoms with Crippen LogP contribution in [0.5, 0.6) is 0 Å². The monoisotopic (exact) mass is 271 g/mol. The summed E-state index contributed by atoms with van der Waals surface area (Å²) in [5.41, 5.74) is 5.53. The molecule has 0 aromatic heterocycles. The van der Waals surface area contributed by atoms with Gasteiger partial charge in [0.05, 0.1) is 25.2 Å². The third kappa shape index (κ3) is 2.98. The van der Waals surface area contributed by atoms with Crippen molar-refractivity contribution in [2.24, 2.45) is 16.8 Å². The van der Waals surface area contributed by atoms with E-state index in [1.807, 2.05) is 6.92 Å². The molecule has 2 heterocycles. The zero-order valence-corrected chi connectivity index (χ0v) is 11.1. The van der Waals surface area contributed by atoms with E-state index in [-0.39, 0.29) is 23.8 Å². The topological polar surface area (TPSA) is 97.4 Å². The van der Waals surface area contributed by atoms with Crippen molar-refractivity contribution in [2.45, 2.75) is 32.0 Å². The van der Waals surface area contributed by atoms with Crippen molar-refractivity contribution in [3.8, 4) is 0 Å². The largest absolute Gasteiger partial charge is 0.409 e. The Morgan fingerprint density at radius 3 is 2.95 bits per heavy atom. The van der Waals surface area contributed by atoms with Crippen molar-refractivity contribution < 1.29 is 19.5 Å². The van der Waals surface area contributed by atoms with E-state index in [1.165, 1.54) is 0 Å². The van der Waals surface area contributed by atoms with Gasteiger partial charge in [0.2, 0.25) is 5.91 Å². The number of hydrogen-bond acceptors (Lipinski definition) is 5. The molecule has 0 aromatic rings. The fraction of sp³-hybridized carbons (Fsp3) is 0.833. The van der Waals surface area contributed by atoms with Gasteiger partial charge in [-0.3, -0.25) is 4.79 Å². The number of carbonyl (C=O) groups is 1. The molecule has 19 heavy (non-hydrogen) atoms. The molecule has 2 fully saturated rings. The van der Waals surface area contributed by atoms with Crippen LogP contribution >= 0.6 is 0 Å². The standard InChI is InChI=1S/C12H21N3O4/c1-2-9-8(3-5-18-9)12(16)15-4-6-19-10(7-15)11(13)14-17/h8-10,17H,2-7H2,1H3,(H2,13,14). The highest BCUT2D eigenvalue weighted by molar-refractivity contribution is 5.86. The van der Waals surface area contributed by atoms with Crippen LogP contribution in [0.15, 0.2) is 5.16 Å². The molecule has 2 rings (SSSR count). The van der Waals surface area contributed by atoms with E-state index in [0.717, 1.165) is 12.8 Å². The smallest absolute Gasteiger partial charge is 0.228 e. The van der Waals surface area contributed by atoms with Gasteiger partial charge in [0.15, 0.2) is 5.84 Å². The fourth-order valence-corrected chi connectivity index (χ4v) is 2.66. The lowest BCUT2D eigenvalue weighted by Crippen LogP contribution is -2.52. The molecule has 0 saturated carbocycles. The Morgan fingerprint density at radius 2 is 2.26 bits per heavy atom. The van der Waals surface area contributed by atoms with E-state index in [1.54, 1.807) is 4.90 Å². The zero-order valence-electron chi connectivity index (χ0n) is 11.1. The minimum absolute atomic E-state index is 0.00668. The molecule has 1 amide bonds. The average molecular weight is 271 g/mol. The highest BCUT2D eigenvalue weighted by atomic mass is 16.5. The Hall–Kier alpha value is -1.34. The van der Waals surface area contributed by atoms with Crippen molar-refractivity contribution in [1.82, 2.24) is 4.90 Å². The number of amides is 1. The van der Waals surface area contributed by atoms with Gasteiger partial charge in [-0.1, -0.05) is 12.1 Å². The first-order valence-electron chi connectivity index (χ1n) is 6.66. The van der Waals surface area contributed by atoms with Crippen LogP contribution in [0.4, 0.5) is 0 Å². The van der Waals surface area contributed by atoms with Gasteiger partial charge >= 0.3 is 0 Å². The fourth-order valence-electron chi connectivity index (χ4n) is 2.66. The first kappa shape index (κ1) is 14.1. The minimum Gasteiger partial charge on any atom is -0.409 e. The summed E-state index contributed by atoms with van der Waals surface area (Å²) in [6, 6.07) is 0. The number of oxime groups is 1. The lowest BCUT2D eigenvalue weighted by molar-refractivity contribution is -0.142. The van der Waals surface area contributed by atoms with Crippen LogP contribution in [0.2, 0.25) is 0 Å². The summed E-state index contributed by atoms with van der Waals surface area (Å²) < 4.78 is 10.9. The van der Waals surface area contributed by atoms with Crippen molar-refractivity contribution in [1.29, 1.82) is 0 Å². The molecule has 0 bridgehead atoms. The van der Waals surface area contributed by atoms with Crippen molar-refractivity contribution >= 4 is 11.7 Å². The van der Waals surface area contributed by atoms with Gasteiger partial charge in [0.1, 0.15) is 6.10 Å². The van der Waals surface area contributed by atoms with Gasteiger partial charge in [-0.25, -0.2) is 0 Å². The normalized spacial score (nSPS) is 32.6. The summed E-state index contributed by atoms with van der Waals surface area (Å²) in [5, 5.41) is 11.6. The number of rotatable bonds is 3. The van der Waals surface area contributed by atoms with Crippen LogP contribution in [0.25, 0.3) is 0 Å². The van der Waals surface area contributed by atoms with Gasteiger partial charge in [-0.15, -0.1) is 0 Å². The molecule has 7 heteroatoms. The summed E-state index contributed by atoms with van der Waals surface area (Å²) >= 11 is 0. The van der Waals surface area contributed by atoms with E-state index in [4.69, 9.17) is 20.4 Å². The molecule has 0 aromatic carbocycles. The number of nitrogens with zero attached hydrogens (tertiary/aromatic N) is 2. The molecule has 3 atom stereocenters. The Bertz CT molecular complexity index is 361. The van der Waals surface area contributed by atoms with E-state index in [2.05, 4.69) is 5.16 Å². The predicted octanol–water partition coefficient (Wildman–Crippen LogP) is -0.225. The molecular formula is C12H21N3O4. The number of morpholine rings is 1. The maximum atomic E-state index is 12.5. The molecule has 0 radical (unpaired) electrons. The van der Waals surface area contributed by atoms with Crippen LogP contribution in [0.1, 0.15) is 19.8 Å². The highest BCUT2D eigenvalue weighted by Crippen LogP contribution is 2.26. The number of ether oxygens (including phenoxy) is 2. The van der Waals surface area contributed by atoms with Crippen molar-refractivity contribution in [3.63, 3.8) is 0 Å². The second-order valence-corrected chi connectivity index (χ2v) is 4.88. The van der Waals surface area contributed by atoms with E-state index in [9.17, 15) is 4.79 Å². The van der Waals surface area contributed by atoms with Crippen molar-refractivity contribution in [2.75, 3.05) is 26.3 Å². The summed E-state index contributed by atoms with van der Waals surface area (Å²) in [5.74, 6) is 0.0200. The summed E-state index contributed by atoms with van der Waals surface area (Å²) in [6.45, 7) is 3.94.